The second kappa shape index (κ2) is 15.6. The van der Waals surface area contributed by atoms with Gasteiger partial charge in [0.15, 0.2) is 0 Å². The molecule has 1 aliphatic carbocycles. The highest BCUT2D eigenvalue weighted by Crippen LogP contribution is 2.34. The average Bonchev–Trinajstić information content (AvgIpc) is 3.52. The van der Waals surface area contributed by atoms with Gasteiger partial charge in [-0.25, -0.2) is 4.79 Å². The van der Waals surface area contributed by atoms with E-state index in [0.717, 1.165) is 44.3 Å². The minimum absolute atomic E-state index is 0.00574. The van der Waals surface area contributed by atoms with Crippen molar-refractivity contribution in [2.24, 2.45) is 11.8 Å². The van der Waals surface area contributed by atoms with E-state index in [1.54, 1.807) is 12.0 Å². The van der Waals surface area contributed by atoms with Crippen LogP contribution in [0.25, 0.3) is 0 Å². The number of nitrogens with zero attached hydrogens (tertiary/aromatic N) is 3. The Balaban J connectivity index is 1.52. The monoisotopic (exact) mass is 629 g/mol. The molecular formula is C35H55N3O7. The number of ether oxygens (including phenoxy) is 4. The molecule has 10 nitrogen and oxygen atoms in total. The normalized spacial score (nSPS) is 21.7. The van der Waals surface area contributed by atoms with E-state index in [4.69, 9.17) is 18.9 Å². The Morgan fingerprint density at radius 2 is 1.76 bits per heavy atom. The third-order valence-electron chi connectivity index (χ3n) is 8.89. The Hall–Kier alpha value is -2.85. The summed E-state index contributed by atoms with van der Waals surface area (Å²) in [4.78, 5) is 46.5. The van der Waals surface area contributed by atoms with Crippen LogP contribution >= 0.6 is 0 Å². The minimum Gasteiger partial charge on any atom is -0.493 e. The number of amides is 3. The highest BCUT2D eigenvalue weighted by Gasteiger charge is 2.43. The average molecular weight is 630 g/mol. The van der Waals surface area contributed by atoms with Gasteiger partial charge in [-0.2, -0.15) is 0 Å². The van der Waals surface area contributed by atoms with E-state index >= 15 is 0 Å². The van der Waals surface area contributed by atoms with Gasteiger partial charge in [-0.1, -0.05) is 6.07 Å². The molecule has 10 heteroatoms. The molecule has 0 radical (unpaired) electrons. The van der Waals surface area contributed by atoms with E-state index in [1.807, 2.05) is 69.5 Å². The predicted molar refractivity (Wildman–Crippen MR) is 172 cm³/mol. The van der Waals surface area contributed by atoms with Crippen molar-refractivity contribution in [1.29, 1.82) is 0 Å². The van der Waals surface area contributed by atoms with Crippen LogP contribution in [0.4, 0.5) is 4.79 Å². The third kappa shape index (κ3) is 10.1. The predicted octanol–water partition coefficient (Wildman–Crippen LogP) is 5.30. The number of rotatable bonds is 14. The Kier molecular flexibility index (Phi) is 12.2. The van der Waals surface area contributed by atoms with Crippen molar-refractivity contribution in [2.75, 3.05) is 53.1 Å². The van der Waals surface area contributed by atoms with E-state index in [9.17, 15) is 14.4 Å². The molecule has 2 saturated heterocycles. The number of carbonyl (C=O) groups excluding carboxylic acids is 3. The lowest BCUT2D eigenvalue weighted by molar-refractivity contribution is -0.134. The van der Waals surface area contributed by atoms with E-state index in [-0.39, 0.29) is 47.9 Å². The molecule has 3 aliphatic rings. The number of aryl methyl sites for hydroxylation is 1. The highest BCUT2D eigenvalue weighted by atomic mass is 16.6. The van der Waals surface area contributed by atoms with Gasteiger partial charge in [0.05, 0.1) is 19.1 Å². The number of hydrogen-bond donors (Lipinski definition) is 0. The van der Waals surface area contributed by atoms with Gasteiger partial charge in [0.2, 0.25) is 5.91 Å². The molecule has 2 heterocycles. The van der Waals surface area contributed by atoms with Gasteiger partial charge in [0.25, 0.3) is 5.91 Å². The zero-order valence-corrected chi connectivity index (χ0v) is 28.5. The van der Waals surface area contributed by atoms with Crippen LogP contribution in [0.5, 0.6) is 5.75 Å². The Morgan fingerprint density at radius 3 is 2.36 bits per heavy atom. The lowest BCUT2D eigenvalue weighted by Crippen LogP contribution is -2.45. The van der Waals surface area contributed by atoms with Gasteiger partial charge >= 0.3 is 6.09 Å². The van der Waals surface area contributed by atoms with Crippen LogP contribution in [0, 0.1) is 18.8 Å². The van der Waals surface area contributed by atoms with Crippen molar-refractivity contribution >= 4 is 17.9 Å². The van der Waals surface area contributed by atoms with Gasteiger partial charge in [0.1, 0.15) is 11.4 Å². The lowest BCUT2D eigenvalue weighted by Gasteiger charge is -2.33. The fraction of sp³-hybridized carbons (Fsp3) is 0.743. The number of benzene rings is 1. The van der Waals surface area contributed by atoms with Crippen molar-refractivity contribution in [3.63, 3.8) is 0 Å². The van der Waals surface area contributed by atoms with Gasteiger partial charge in [-0.15, -0.1) is 0 Å². The molecule has 1 aromatic carbocycles. The van der Waals surface area contributed by atoms with Crippen molar-refractivity contribution in [1.82, 2.24) is 14.7 Å². The SMILES string of the molecule is COCCCOc1cc(C(=O)N(C[C@@H]2CN(C(=O)OC(C)(C)C)C[C@H]2CN(C(=O)C[C@@H]2CCCO2)C2CC2)C(C)C)ccc1C. The van der Waals surface area contributed by atoms with E-state index in [1.165, 1.54) is 0 Å². The largest absolute Gasteiger partial charge is 0.493 e. The van der Waals surface area contributed by atoms with Crippen LogP contribution in [-0.4, -0.2) is 110 Å². The van der Waals surface area contributed by atoms with E-state index < -0.39 is 5.60 Å². The van der Waals surface area contributed by atoms with Crippen LogP contribution < -0.4 is 4.74 Å². The van der Waals surface area contributed by atoms with E-state index in [0.29, 0.717) is 57.1 Å². The van der Waals surface area contributed by atoms with Crippen molar-refractivity contribution in [3.8, 4) is 5.75 Å². The Morgan fingerprint density at radius 1 is 1.04 bits per heavy atom. The second-order valence-electron chi connectivity index (χ2n) is 14.2. The van der Waals surface area contributed by atoms with Gasteiger partial charge in [0, 0.05) is 82.4 Å². The van der Waals surface area contributed by atoms with Gasteiger partial charge < -0.3 is 33.6 Å². The molecule has 2 aliphatic heterocycles. The molecule has 0 unspecified atom stereocenters. The molecule has 4 rings (SSSR count). The van der Waals surface area contributed by atoms with Crippen molar-refractivity contribution < 1.29 is 33.3 Å². The summed E-state index contributed by atoms with van der Waals surface area (Å²) in [5.74, 6) is 0.748. The number of carbonyl (C=O) groups is 3. The standard InChI is InChI=1S/C35H55N3O7/c1-24(2)37(33(40)26-12-11-25(3)31(18-26)44-17-9-15-42-7)22-27-20-36(34(41)45-35(4,5)6)21-28(27)23-38(29-13-14-29)32(39)19-30-10-8-16-43-30/h11-12,18,24,27-30H,8-10,13-17,19-23H2,1-7H3/t27-,28-,30-/m0/s1. The first kappa shape index (κ1) is 35.0. The maximum Gasteiger partial charge on any atom is 0.410 e. The maximum atomic E-state index is 14.0. The van der Waals surface area contributed by atoms with Gasteiger partial charge in [-0.3, -0.25) is 9.59 Å². The maximum absolute atomic E-state index is 14.0. The summed E-state index contributed by atoms with van der Waals surface area (Å²) in [7, 11) is 1.67. The first-order valence-corrected chi connectivity index (χ1v) is 16.8. The second-order valence-corrected chi connectivity index (χ2v) is 14.2. The molecule has 0 spiro atoms. The van der Waals surface area contributed by atoms with E-state index in [2.05, 4.69) is 0 Å². The third-order valence-corrected chi connectivity index (χ3v) is 8.89. The highest BCUT2D eigenvalue weighted by molar-refractivity contribution is 5.95. The number of hydrogen-bond acceptors (Lipinski definition) is 7. The molecule has 1 saturated carbocycles. The van der Waals surface area contributed by atoms with Crippen LogP contribution in [-0.2, 0) is 19.0 Å². The summed E-state index contributed by atoms with van der Waals surface area (Å²) in [6.45, 7) is 15.4. The molecule has 3 amide bonds. The molecule has 252 valence electrons. The van der Waals surface area contributed by atoms with Crippen LogP contribution in [0.2, 0.25) is 0 Å². The summed E-state index contributed by atoms with van der Waals surface area (Å²) < 4.78 is 22.6. The summed E-state index contributed by atoms with van der Waals surface area (Å²) in [6, 6.07) is 5.78. The summed E-state index contributed by atoms with van der Waals surface area (Å²) in [6.07, 6.45) is 4.74. The minimum atomic E-state index is -0.614. The van der Waals surface area contributed by atoms with Gasteiger partial charge in [-0.05, 0) is 84.9 Å². The first-order valence-electron chi connectivity index (χ1n) is 16.8. The Bertz CT molecular complexity index is 1160. The molecule has 45 heavy (non-hydrogen) atoms. The fourth-order valence-corrected chi connectivity index (χ4v) is 6.26. The van der Waals surface area contributed by atoms with Crippen LogP contribution in [0.1, 0.15) is 89.1 Å². The van der Waals surface area contributed by atoms with Crippen molar-refractivity contribution in [3.05, 3.63) is 29.3 Å². The van der Waals surface area contributed by atoms with Crippen LogP contribution in [0.3, 0.4) is 0 Å². The zero-order chi connectivity index (χ0) is 32.7. The molecule has 0 aromatic heterocycles. The fourth-order valence-electron chi connectivity index (χ4n) is 6.26. The number of likely N-dealkylation sites (tertiary alicyclic amines) is 1. The zero-order valence-electron chi connectivity index (χ0n) is 28.5. The summed E-state index contributed by atoms with van der Waals surface area (Å²) in [5, 5.41) is 0. The molecule has 1 aromatic rings. The molecule has 3 atom stereocenters. The van der Waals surface area contributed by atoms with Crippen molar-refractivity contribution in [2.45, 2.75) is 104 Å². The Labute approximate surface area is 269 Å². The molecular weight excluding hydrogens is 574 g/mol. The molecule has 3 fully saturated rings. The lowest BCUT2D eigenvalue weighted by atomic mass is 9.93. The molecule has 0 bridgehead atoms. The summed E-state index contributed by atoms with van der Waals surface area (Å²) in [5.41, 5.74) is 0.925. The topological polar surface area (TPSA) is 97.9 Å². The first-order chi connectivity index (χ1) is 21.4. The number of methoxy groups -OCH3 is 1. The quantitative estimate of drug-likeness (QED) is 0.258. The van der Waals surface area contributed by atoms with Crippen LogP contribution in [0.15, 0.2) is 18.2 Å². The smallest absolute Gasteiger partial charge is 0.410 e. The summed E-state index contributed by atoms with van der Waals surface area (Å²) >= 11 is 0. The molecule has 0 N–H and O–H groups in total.